The lowest BCUT2D eigenvalue weighted by atomic mass is 9.43. The second-order valence-electron chi connectivity index (χ2n) is 13.6. The topological polar surface area (TPSA) is 108 Å². The zero-order valence-corrected chi connectivity index (χ0v) is 23.0. The lowest BCUT2D eigenvalue weighted by Gasteiger charge is -2.63. The van der Waals surface area contributed by atoms with Gasteiger partial charge in [-0.2, -0.15) is 0 Å². The number of hydrogen-bond acceptors (Lipinski definition) is 7. The van der Waals surface area contributed by atoms with E-state index in [1.807, 2.05) is 0 Å². The van der Waals surface area contributed by atoms with Gasteiger partial charge in [0, 0.05) is 37.7 Å². The molecule has 0 aromatic rings. The summed E-state index contributed by atoms with van der Waals surface area (Å²) in [5, 5.41) is 24.9. The van der Waals surface area contributed by atoms with E-state index in [0.717, 1.165) is 70.0 Å². The molecule has 3 N–H and O–H groups in total. The van der Waals surface area contributed by atoms with E-state index in [1.165, 1.54) is 0 Å². The summed E-state index contributed by atoms with van der Waals surface area (Å²) in [5.41, 5.74) is 0.166. The van der Waals surface area contributed by atoms with Crippen LogP contribution in [0.4, 0.5) is 4.79 Å². The van der Waals surface area contributed by atoms with E-state index in [4.69, 9.17) is 9.47 Å². The van der Waals surface area contributed by atoms with E-state index in [1.54, 1.807) is 6.08 Å². The fourth-order valence-electron chi connectivity index (χ4n) is 9.68. The maximum Gasteiger partial charge on any atom is 0.407 e. The molecule has 0 unspecified atom stereocenters. The van der Waals surface area contributed by atoms with E-state index in [-0.39, 0.29) is 46.9 Å². The van der Waals surface area contributed by atoms with Gasteiger partial charge in [0.25, 0.3) is 0 Å². The number of nitrogens with zero attached hydrogens (tertiary/aromatic N) is 1. The maximum absolute atomic E-state index is 12.5. The van der Waals surface area contributed by atoms with Crippen LogP contribution in [0.3, 0.4) is 0 Å². The van der Waals surface area contributed by atoms with Crippen molar-refractivity contribution in [3.63, 3.8) is 0 Å². The summed E-state index contributed by atoms with van der Waals surface area (Å²) in [5.74, 6) is 1.07. The number of nitrogens with one attached hydrogen (secondary N) is 1. The highest BCUT2D eigenvalue weighted by molar-refractivity contribution is 5.85. The van der Waals surface area contributed by atoms with Gasteiger partial charge in [-0.15, -0.1) is 0 Å². The van der Waals surface area contributed by atoms with E-state index < -0.39 is 5.60 Å². The predicted octanol–water partition coefficient (Wildman–Crippen LogP) is 3.22. The normalized spacial score (nSPS) is 46.5. The van der Waals surface area contributed by atoms with Crippen LogP contribution < -0.4 is 5.32 Å². The number of aliphatic hydroxyl groups is 2. The quantitative estimate of drug-likeness (QED) is 0.470. The standard InChI is InChI=1S/C30H45N2O6/c1-28-9-5-22(38-27(35)31-12-14-32-13-8-21(33)17-32)16-20(28)3-4-25-24(28)6-10-29(2)23(7-11-30(25,29)36)19-15-26(34)37-18-19/h7,15,20-25,33,36H,3-6,8-14,16-18H2,1-2H3,(H,31,35)/t20-,21-,22+,23-,24+,25-,28+,29-,30+/m1/s1. The molecule has 5 fully saturated rings. The number of carbonyl (C=O) groups excluding carboxylic acids is 2. The molecule has 0 aromatic heterocycles. The average Bonchev–Trinajstić information content (AvgIpc) is 3.56. The molecule has 1 radical (unpaired) electrons. The van der Waals surface area contributed by atoms with Crippen LogP contribution in [0.5, 0.6) is 0 Å². The summed E-state index contributed by atoms with van der Waals surface area (Å²) in [6, 6.07) is 0. The Morgan fingerprint density at radius 2 is 2.03 bits per heavy atom. The van der Waals surface area contributed by atoms with E-state index in [2.05, 4.69) is 30.5 Å². The summed E-state index contributed by atoms with van der Waals surface area (Å²) in [6.07, 6.45) is 11.7. The van der Waals surface area contributed by atoms with Gasteiger partial charge in [0.05, 0.1) is 11.7 Å². The molecule has 6 aliphatic rings. The number of amides is 1. The third-order valence-corrected chi connectivity index (χ3v) is 11.9. The maximum atomic E-state index is 12.5. The van der Waals surface area contributed by atoms with Gasteiger partial charge < -0.3 is 25.0 Å². The molecule has 0 bridgehead atoms. The fraction of sp³-hybridized carbons (Fsp3) is 0.833. The molecule has 1 saturated heterocycles. The Balaban J connectivity index is 1.06. The van der Waals surface area contributed by atoms with Gasteiger partial charge in [-0.05, 0) is 98.9 Å². The fourth-order valence-corrected chi connectivity index (χ4v) is 9.68. The summed E-state index contributed by atoms with van der Waals surface area (Å²) >= 11 is 0. The summed E-state index contributed by atoms with van der Waals surface area (Å²) < 4.78 is 11.1. The lowest BCUT2D eigenvalue weighted by Crippen LogP contribution is -2.62. The molecule has 0 aromatic carbocycles. The number of alkyl carbamates (subject to hydrolysis) is 1. The highest BCUT2D eigenvalue weighted by Gasteiger charge is 2.67. The average molecular weight is 530 g/mol. The van der Waals surface area contributed by atoms with Crippen molar-refractivity contribution in [2.45, 2.75) is 89.4 Å². The molecule has 9 atom stereocenters. The minimum absolute atomic E-state index is 0.0498. The number of β-amino-alcohol motifs (C(OH)–C–C–N with tert-alkyl or cyclic N) is 1. The largest absolute Gasteiger partial charge is 0.458 e. The Morgan fingerprint density at radius 1 is 1.18 bits per heavy atom. The predicted molar refractivity (Wildman–Crippen MR) is 141 cm³/mol. The van der Waals surface area contributed by atoms with Gasteiger partial charge in [0.1, 0.15) is 12.7 Å². The second kappa shape index (κ2) is 9.77. The van der Waals surface area contributed by atoms with E-state index in [0.29, 0.717) is 38.0 Å². The number of hydrogen-bond donors (Lipinski definition) is 3. The Kier molecular flexibility index (Phi) is 6.83. The van der Waals surface area contributed by atoms with Crippen molar-refractivity contribution in [3.05, 3.63) is 18.1 Å². The SMILES string of the molecule is C[C@]12CC[C@H](OC(=O)NCCN3CC[C@@H](O)C3)C[C@H]1CC[C@@H]1[C@@H]2CC[C@]2(C)[C@@H](C3=CC(=O)OC3)[CH]C[C@]12O. The van der Waals surface area contributed by atoms with Crippen molar-refractivity contribution in [3.8, 4) is 0 Å². The monoisotopic (exact) mass is 529 g/mol. The number of fused-ring (bicyclic) bond motifs is 5. The van der Waals surface area contributed by atoms with Crippen molar-refractivity contribution in [2.75, 3.05) is 32.8 Å². The van der Waals surface area contributed by atoms with Crippen LogP contribution in [-0.2, 0) is 14.3 Å². The first-order valence-electron chi connectivity index (χ1n) is 14.9. The number of likely N-dealkylation sites (tertiary alicyclic amines) is 1. The first-order chi connectivity index (χ1) is 18.1. The van der Waals surface area contributed by atoms with Crippen LogP contribution in [0, 0.1) is 40.9 Å². The van der Waals surface area contributed by atoms with Gasteiger partial charge in [-0.1, -0.05) is 13.8 Å². The number of aliphatic hydroxyl groups excluding tert-OH is 1. The highest BCUT2D eigenvalue weighted by Crippen LogP contribution is 2.69. The Labute approximate surface area is 226 Å². The van der Waals surface area contributed by atoms with Crippen molar-refractivity contribution < 1.29 is 29.3 Å². The number of ether oxygens (including phenoxy) is 2. The number of esters is 1. The lowest BCUT2D eigenvalue weighted by molar-refractivity contribution is -0.208. The molecular weight excluding hydrogens is 484 g/mol. The molecule has 8 nitrogen and oxygen atoms in total. The number of cyclic esters (lactones) is 1. The second-order valence-corrected chi connectivity index (χ2v) is 13.6. The number of carbonyl (C=O) groups is 2. The molecule has 2 heterocycles. The third kappa shape index (κ3) is 4.29. The van der Waals surface area contributed by atoms with Gasteiger partial charge in [-0.3, -0.25) is 4.90 Å². The summed E-state index contributed by atoms with van der Waals surface area (Å²) in [4.78, 5) is 26.4. The zero-order chi connectivity index (χ0) is 26.7. The molecule has 211 valence electrons. The van der Waals surface area contributed by atoms with Gasteiger partial charge in [0.2, 0.25) is 0 Å². The van der Waals surface area contributed by atoms with Crippen LogP contribution in [-0.4, -0.2) is 77.8 Å². The molecule has 2 aliphatic heterocycles. The van der Waals surface area contributed by atoms with Crippen LogP contribution in [0.15, 0.2) is 11.6 Å². The Bertz CT molecular complexity index is 986. The minimum Gasteiger partial charge on any atom is -0.458 e. The molecular formula is C30H45N2O6. The smallest absolute Gasteiger partial charge is 0.407 e. The summed E-state index contributed by atoms with van der Waals surface area (Å²) in [7, 11) is 0. The van der Waals surface area contributed by atoms with Gasteiger partial charge in [-0.25, -0.2) is 9.59 Å². The van der Waals surface area contributed by atoms with Gasteiger partial charge >= 0.3 is 12.1 Å². The van der Waals surface area contributed by atoms with Gasteiger partial charge in [0.15, 0.2) is 0 Å². The van der Waals surface area contributed by atoms with Crippen LogP contribution >= 0.6 is 0 Å². The minimum atomic E-state index is -0.750. The summed E-state index contributed by atoms with van der Waals surface area (Å²) in [6.45, 7) is 7.86. The van der Waals surface area contributed by atoms with E-state index >= 15 is 0 Å². The molecule has 38 heavy (non-hydrogen) atoms. The molecule has 4 aliphatic carbocycles. The zero-order valence-electron chi connectivity index (χ0n) is 23.0. The van der Waals surface area contributed by atoms with Crippen LogP contribution in [0.1, 0.15) is 71.6 Å². The van der Waals surface area contributed by atoms with Crippen LogP contribution in [0.2, 0.25) is 0 Å². The Morgan fingerprint density at radius 3 is 2.76 bits per heavy atom. The molecule has 0 spiro atoms. The molecule has 1 amide bonds. The highest BCUT2D eigenvalue weighted by atomic mass is 16.6. The molecule has 8 heteroatoms. The van der Waals surface area contributed by atoms with Crippen molar-refractivity contribution in [2.24, 2.45) is 34.5 Å². The van der Waals surface area contributed by atoms with Crippen LogP contribution in [0.25, 0.3) is 0 Å². The van der Waals surface area contributed by atoms with E-state index in [9.17, 15) is 19.8 Å². The van der Waals surface area contributed by atoms with Crippen molar-refractivity contribution in [1.82, 2.24) is 10.2 Å². The third-order valence-electron chi connectivity index (χ3n) is 11.9. The molecule has 4 saturated carbocycles. The Hall–Kier alpha value is -1.64. The number of rotatable bonds is 5. The first-order valence-corrected chi connectivity index (χ1v) is 14.9. The van der Waals surface area contributed by atoms with Crippen molar-refractivity contribution >= 4 is 12.1 Å². The van der Waals surface area contributed by atoms with Crippen molar-refractivity contribution in [1.29, 1.82) is 0 Å². The molecule has 6 rings (SSSR count). The first kappa shape index (κ1) is 26.6.